The highest BCUT2D eigenvalue weighted by Gasteiger charge is 2.30. The van der Waals surface area contributed by atoms with Gasteiger partial charge in [-0.2, -0.15) is 0 Å². The number of hydrogen-bond donors (Lipinski definition) is 0. The van der Waals surface area contributed by atoms with Crippen LogP contribution in [0.15, 0.2) is 24.3 Å². The van der Waals surface area contributed by atoms with Crippen molar-refractivity contribution in [1.29, 1.82) is 0 Å². The molecule has 1 atom stereocenters. The molecule has 0 aliphatic carbocycles. The van der Waals surface area contributed by atoms with E-state index < -0.39 is 0 Å². The maximum atomic E-state index is 13.2. The Kier molecular flexibility index (Phi) is 4.07. The first-order valence-electron chi connectivity index (χ1n) is 8.05. The molecule has 0 saturated carbocycles. The Morgan fingerprint density at radius 2 is 1.96 bits per heavy atom. The Morgan fingerprint density at radius 1 is 1.26 bits per heavy atom. The minimum atomic E-state index is -0.0241. The number of anilines is 2. The van der Waals surface area contributed by atoms with Gasteiger partial charge in [-0.15, -0.1) is 5.10 Å². The van der Waals surface area contributed by atoms with Crippen molar-refractivity contribution >= 4 is 17.3 Å². The van der Waals surface area contributed by atoms with E-state index >= 15 is 0 Å². The van der Waals surface area contributed by atoms with Gasteiger partial charge in [-0.05, 0) is 31.9 Å². The lowest BCUT2D eigenvalue weighted by molar-refractivity contribution is 0.0973. The molecule has 122 valence electrons. The van der Waals surface area contributed by atoms with Crippen molar-refractivity contribution in [2.45, 2.75) is 27.3 Å². The summed E-state index contributed by atoms with van der Waals surface area (Å²) in [4.78, 5) is 17.3. The first-order chi connectivity index (χ1) is 11.0. The summed E-state index contributed by atoms with van der Waals surface area (Å²) in [6, 6.07) is 8.06. The second-order valence-electron chi connectivity index (χ2n) is 6.23. The third-order valence-corrected chi connectivity index (χ3v) is 4.31. The zero-order valence-electron chi connectivity index (χ0n) is 14.2. The van der Waals surface area contributed by atoms with E-state index in [2.05, 4.69) is 35.2 Å². The zero-order chi connectivity index (χ0) is 16.6. The van der Waals surface area contributed by atoms with E-state index in [-0.39, 0.29) is 5.91 Å². The monoisotopic (exact) mass is 313 g/mol. The van der Waals surface area contributed by atoms with Gasteiger partial charge >= 0.3 is 0 Å². The van der Waals surface area contributed by atoms with Crippen LogP contribution in [-0.4, -0.2) is 41.0 Å². The maximum absolute atomic E-state index is 13.2. The van der Waals surface area contributed by atoms with Crippen molar-refractivity contribution in [2.75, 3.05) is 29.9 Å². The van der Waals surface area contributed by atoms with Crippen molar-refractivity contribution in [2.24, 2.45) is 5.92 Å². The fourth-order valence-electron chi connectivity index (χ4n) is 3.26. The molecule has 0 spiro atoms. The molecule has 23 heavy (non-hydrogen) atoms. The fourth-order valence-corrected chi connectivity index (χ4v) is 3.26. The van der Waals surface area contributed by atoms with Crippen LogP contribution in [0.5, 0.6) is 0 Å². The number of carbonyl (C=O) groups is 1. The van der Waals surface area contributed by atoms with E-state index in [9.17, 15) is 4.79 Å². The number of rotatable bonds is 2. The summed E-state index contributed by atoms with van der Waals surface area (Å²) in [5.74, 6) is 0.353. The molecule has 1 aliphatic rings. The summed E-state index contributed by atoms with van der Waals surface area (Å²) >= 11 is 0. The average Bonchev–Trinajstić information content (AvgIpc) is 2.86. The van der Waals surface area contributed by atoms with Crippen LogP contribution in [0.25, 0.3) is 0 Å². The predicted octanol–water partition coefficient (Wildman–Crippen LogP) is 2.34. The van der Waals surface area contributed by atoms with Crippen LogP contribution >= 0.6 is 0 Å². The molecule has 0 bridgehead atoms. The van der Waals surface area contributed by atoms with Crippen LogP contribution in [0, 0.1) is 12.8 Å². The number of benzene rings is 1. The molecular formula is C17H23N5O. The summed E-state index contributed by atoms with van der Waals surface area (Å²) in [5.41, 5.74) is 3.30. The van der Waals surface area contributed by atoms with Gasteiger partial charge in [0.05, 0.1) is 17.1 Å². The van der Waals surface area contributed by atoms with E-state index in [0.717, 1.165) is 17.9 Å². The number of fused-ring (bicyclic) bond motifs is 1. The first kappa shape index (κ1) is 15.5. The van der Waals surface area contributed by atoms with Gasteiger partial charge in [0.1, 0.15) is 5.69 Å². The topological polar surface area (TPSA) is 54.3 Å². The number of aryl methyl sites for hydroxylation is 2. The van der Waals surface area contributed by atoms with E-state index in [0.29, 0.717) is 30.4 Å². The molecule has 0 radical (unpaired) electrons. The van der Waals surface area contributed by atoms with E-state index in [1.54, 1.807) is 4.68 Å². The van der Waals surface area contributed by atoms with Gasteiger partial charge in [-0.1, -0.05) is 24.3 Å². The number of amides is 1. The van der Waals surface area contributed by atoms with Gasteiger partial charge in [-0.25, -0.2) is 4.68 Å². The van der Waals surface area contributed by atoms with Gasteiger partial charge in [0.25, 0.3) is 5.91 Å². The Morgan fingerprint density at radius 3 is 2.65 bits per heavy atom. The van der Waals surface area contributed by atoms with Crippen LogP contribution in [-0.2, 0) is 6.54 Å². The maximum Gasteiger partial charge on any atom is 0.278 e. The van der Waals surface area contributed by atoms with Crippen molar-refractivity contribution in [3.8, 4) is 0 Å². The Labute approximate surface area is 136 Å². The summed E-state index contributed by atoms with van der Waals surface area (Å²) < 4.78 is 1.68. The normalized spacial score (nSPS) is 17.8. The third kappa shape index (κ3) is 2.69. The van der Waals surface area contributed by atoms with Crippen molar-refractivity contribution in [3.05, 3.63) is 35.7 Å². The Hall–Kier alpha value is -2.37. The molecule has 2 heterocycles. The molecule has 1 aromatic heterocycles. The predicted molar refractivity (Wildman–Crippen MR) is 91.0 cm³/mol. The SMILES string of the molecule is CCn1nnc(C)c1C(=O)N1CC(C)CN(C)c2ccccc21. The molecule has 0 N–H and O–H groups in total. The second kappa shape index (κ2) is 6.02. The standard InChI is InChI=1S/C17H23N5O/c1-5-22-16(13(3)18-19-22)17(23)21-11-12(2)10-20(4)14-8-6-7-9-15(14)21/h6-9,12H,5,10-11H2,1-4H3. The molecule has 2 aromatic rings. The number of hydrogen-bond acceptors (Lipinski definition) is 4. The van der Waals surface area contributed by atoms with Crippen LogP contribution in [0.3, 0.4) is 0 Å². The van der Waals surface area contributed by atoms with Crippen molar-refractivity contribution < 1.29 is 4.79 Å². The van der Waals surface area contributed by atoms with Crippen molar-refractivity contribution in [3.63, 3.8) is 0 Å². The quantitative estimate of drug-likeness (QED) is 0.854. The average molecular weight is 313 g/mol. The molecule has 6 nitrogen and oxygen atoms in total. The van der Waals surface area contributed by atoms with E-state index in [1.807, 2.05) is 36.9 Å². The van der Waals surface area contributed by atoms with Crippen LogP contribution in [0.2, 0.25) is 0 Å². The lowest BCUT2D eigenvalue weighted by atomic mass is 10.1. The zero-order valence-corrected chi connectivity index (χ0v) is 14.2. The second-order valence-corrected chi connectivity index (χ2v) is 6.23. The summed E-state index contributed by atoms with van der Waals surface area (Å²) in [6.45, 7) is 8.22. The van der Waals surface area contributed by atoms with Gasteiger partial charge in [-0.3, -0.25) is 4.79 Å². The lowest BCUT2D eigenvalue weighted by Crippen LogP contribution is -2.36. The minimum Gasteiger partial charge on any atom is -0.373 e. The number of nitrogens with zero attached hydrogens (tertiary/aromatic N) is 5. The molecule has 1 aliphatic heterocycles. The molecule has 1 amide bonds. The molecule has 0 fully saturated rings. The van der Waals surface area contributed by atoms with Gasteiger partial charge < -0.3 is 9.80 Å². The molecular weight excluding hydrogens is 290 g/mol. The smallest absolute Gasteiger partial charge is 0.278 e. The lowest BCUT2D eigenvalue weighted by Gasteiger charge is -2.24. The highest BCUT2D eigenvalue weighted by Crippen LogP contribution is 2.33. The van der Waals surface area contributed by atoms with Crippen LogP contribution < -0.4 is 9.80 Å². The van der Waals surface area contributed by atoms with Gasteiger partial charge in [0, 0.05) is 26.7 Å². The highest BCUT2D eigenvalue weighted by atomic mass is 16.2. The summed E-state index contributed by atoms with van der Waals surface area (Å²) in [5, 5.41) is 8.14. The first-order valence-corrected chi connectivity index (χ1v) is 8.05. The molecule has 1 aromatic carbocycles. The summed E-state index contributed by atoms with van der Waals surface area (Å²) in [6.07, 6.45) is 0. The molecule has 0 saturated heterocycles. The number of aromatic nitrogens is 3. The molecule has 3 rings (SSSR count). The van der Waals surface area contributed by atoms with Crippen LogP contribution in [0.1, 0.15) is 30.0 Å². The van der Waals surface area contributed by atoms with E-state index in [4.69, 9.17) is 0 Å². The fraction of sp³-hybridized carbons (Fsp3) is 0.471. The summed E-state index contributed by atoms with van der Waals surface area (Å²) in [7, 11) is 2.08. The highest BCUT2D eigenvalue weighted by molar-refractivity contribution is 6.07. The number of carbonyl (C=O) groups excluding carboxylic acids is 1. The van der Waals surface area contributed by atoms with Crippen LogP contribution in [0.4, 0.5) is 11.4 Å². The number of para-hydroxylation sites is 2. The van der Waals surface area contributed by atoms with Gasteiger partial charge in [0.2, 0.25) is 0 Å². The Balaban J connectivity index is 2.08. The molecule has 1 unspecified atom stereocenters. The van der Waals surface area contributed by atoms with Crippen molar-refractivity contribution in [1.82, 2.24) is 15.0 Å². The Bertz CT molecular complexity index is 724. The largest absolute Gasteiger partial charge is 0.373 e. The minimum absolute atomic E-state index is 0.0241. The third-order valence-electron chi connectivity index (χ3n) is 4.31. The van der Waals surface area contributed by atoms with E-state index in [1.165, 1.54) is 0 Å². The van der Waals surface area contributed by atoms with Gasteiger partial charge in [0.15, 0.2) is 0 Å². The molecule has 6 heteroatoms.